The highest BCUT2D eigenvalue weighted by Gasteiger charge is 2.36. The molecule has 1 aliphatic rings. The number of alkyl halides is 4. The number of methoxy groups -OCH3 is 1. The molecule has 0 saturated carbocycles. The lowest BCUT2D eigenvalue weighted by Gasteiger charge is -2.29. The van der Waals surface area contributed by atoms with Crippen LogP contribution in [0.2, 0.25) is 0 Å². The number of ether oxygens (including phenoxy) is 2. The second-order valence-electron chi connectivity index (χ2n) is 9.94. The van der Waals surface area contributed by atoms with Crippen LogP contribution >= 0.6 is 0 Å². The van der Waals surface area contributed by atoms with Crippen molar-refractivity contribution >= 4 is 38.2 Å². The fraction of sp³-hybridized carbons (Fsp3) is 0.321. The van der Waals surface area contributed by atoms with Gasteiger partial charge in [-0.05, 0) is 42.3 Å². The van der Waals surface area contributed by atoms with E-state index in [1.165, 1.54) is 19.2 Å². The summed E-state index contributed by atoms with van der Waals surface area (Å²) in [5.41, 5.74) is 2.70. The lowest BCUT2D eigenvalue weighted by molar-refractivity contribution is -0.137. The van der Waals surface area contributed by atoms with Crippen molar-refractivity contribution < 1.29 is 44.2 Å². The summed E-state index contributed by atoms with van der Waals surface area (Å²) < 4.78 is 123. The molecule has 17 heteroatoms. The maximum atomic E-state index is 15.8. The fourth-order valence-electron chi connectivity index (χ4n) is 4.86. The highest BCUT2D eigenvalue weighted by atomic mass is 32.2. The van der Waals surface area contributed by atoms with E-state index in [0.717, 1.165) is 18.3 Å². The molecule has 3 N–H and O–H groups in total. The minimum Gasteiger partial charge on any atom is -0.494 e. The quantitative estimate of drug-likeness (QED) is 0.234. The average Bonchev–Trinajstić information content (AvgIpc) is 3.00. The van der Waals surface area contributed by atoms with Crippen molar-refractivity contribution in [2.24, 2.45) is 0 Å². The van der Waals surface area contributed by atoms with Crippen LogP contribution in [0.15, 0.2) is 36.5 Å². The zero-order valence-corrected chi connectivity index (χ0v) is 24.4. The third-order valence-corrected chi connectivity index (χ3v) is 8.30. The zero-order chi connectivity index (χ0) is 32.5. The third kappa shape index (κ3) is 6.68. The number of morpholine rings is 1. The van der Waals surface area contributed by atoms with Crippen LogP contribution in [0.3, 0.4) is 0 Å². The summed E-state index contributed by atoms with van der Waals surface area (Å²) >= 11 is 0. The standard InChI is InChI=1S/C28H26F6N6O4S/c1-43-21-12-15(23-19(30)3-4-20(24(23)31)39-45(41,42)10-2-5-29)11-16-25(21)37-26(38-27(16)40-6-8-44-9-7-40)17-14-36-22(35)13-18(17)28(32,33)34/h3-4,11-14,39H,2,5-10H2,1H3,(H2,35,36). The molecule has 0 bridgehead atoms. The van der Waals surface area contributed by atoms with Crippen LogP contribution in [-0.4, -0.2) is 69.2 Å². The Labute approximate surface area is 253 Å². The number of nitrogens with one attached hydrogen (secondary N) is 1. The molecular formula is C28H26F6N6O4S. The number of fused-ring (bicyclic) bond motifs is 1. The first-order chi connectivity index (χ1) is 21.3. The van der Waals surface area contributed by atoms with Crippen molar-refractivity contribution in [2.75, 3.05) is 61.2 Å². The number of sulfonamides is 1. The maximum Gasteiger partial charge on any atom is 0.417 e. The summed E-state index contributed by atoms with van der Waals surface area (Å²) in [5.74, 6) is -3.57. The van der Waals surface area contributed by atoms with Gasteiger partial charge in [-0.3, -0.25) is 9.11 Å². The molecule has 0 aliphatic carbocycles. The molecule has 0 amide bonds. The Kier molecular flexibility index (Phi) is 8.93. The summed E-state index contributed by atoms with van der Waals surface area (Å²) in [6.45, 7) is 0.189. The molecule has 2 aromatic carbocycles. The Bertz CT molecular complexity index is 1850. The van der Waals surface area contributed by atoms with Crippen LogP contribution in [0.1, 0.15) is 12.0 Å². The second kappa shape index (κ2) is 12.5. The third-order valence-electron chi connectivity index (χ3n) is 6.94. The predicted octanol–water partition coefficient (Wildman–Crippen LogP) is 5.18. The van der Waals surface area contributed by atoms with Crippen molar-refractivity contribution in [3.63, 3.8) is 0 Å². The molecular weight excluding hydrogens is 630 g/mol. The number of hydrogen-bond acceptors (Lipinski definition) is 9. The number of aromatic nitrogens is 3. The zero-order valence-electron chi connectivity index (χ0n) is 23.6. The van der Waals surface area contributed by atoms with Crippen LogP contribution in [0.5, 0.6) is 5.75 Å². The minimum atomic E-state index is -4.83. The number of pyridine rings is 1. The molecule has 0 unspecified atom stereocenters. The van der Waals surface area contributed by atoms with Crippen LogP contribution in [0.4, 0.5) is 43.7 Å². The summed E-state index contributed by atoms with van der Waals surface area (Å²) in [4.78, 5) is 14.3. The lowest BCUT2D eigenvalue weighted by Crippen LogP contribution is -2.37. The van der Waals surface area contributed by atoms with Gasteiger partial charge in [0, 0.05) is 30.2 Å². The van der Waals surface area contributed by atoms with E-state index in [4.69, 9.17) is 15.2 Å². The number of nitrogen functional groups attached to an aromatic ring is 1. The van der Waals surface area contributed by atoms with Gasteiger partial charge in [0.1, 0.15) is 28.7 Å². The molecule has 1 aliphatic heterocycles. The molecule has 10 nitrogen and oxygen atoms in total. The largest absolute Gasteiger partial charge is 0.494 e. The molecule has 0 spiro atoms. The van der Waals surface area contributed by atoms with E-state index in [0.29, 0.717) is 6.07 Å². The van der Waals surface area contributed by atoms with Gasteiger partial charge in [-0.15, -0.1) is 0 Å². The molecule has 1 saturated heterocycles. The van der Waals surface area contributed by atoms with Crippen LogP contribution in [0.25, 0.3) is 33.4 Å². The summed E-state index contributed by atoms with van der Waals surface area (Å²) in [6, 6.07) is 4.98. The first-order valence-corrected chi connectivity index (χ1v) is 15.1. The molecule has 4 aromatic rings. The van der Waals surface area contributed by atoms with E-state index >= 15 is 8.78 Å². The number of benzene rings is 2. The smallest absolute Gasteiger partial charge is 0.417 e. The summed E-state index contributed by atoms with van der Waals surface area (Å²) in [7, 11) is -2.92. The van der Waals surface area contributed by atoms with Crippen LogP contribution in [0, 0.1) is 11.6 Å². The van der Waals surface area contributed by atoms with Crippen LogP contribution in [-0.2, 0) is 20.9 Å². The minimum absolute atomic E-state index is 0.0292. The first-order valence-electron chi connectivity index (χ1n) is 13.4. The molecule has 0 atom stereocenters. The lowest BCUT2D eigenvalue weighted by atomic mass is 10.00. The fourth-order valence-corrected chi connectivity index (χ4v) is 5.95. The second-order valence-corrected chi connectivity index (χ2v) is 11.8. The van der Waals surface area contributed by atoms with E-state index in [2.05, 4.69) is 15.0 Å². The van der Waals surface area contributed by atoms with E-state index in [9.17, 15) is 26.0 Å². The van der Waals surface area contributed by atoms with Gasteiger partial charge in [0.2, 0.25) is 10.0 Å². The van der Waals surface area contributed by atoms with Crippen molar-refractivity contribution in [1.29, 1.82) is 0 Å². The number of rotatable bonds is 9. The first kappa shape index (κ1) is 32.0. The van der Waals surface area contributed by atoms with E-state index < -0.39 is 62.6 Å². The van der Waals surface area contributed by atoms with E-state index in [1.807, 2.05) is 4.72 Å². The Morgan fingerprint density at radius 1 is 1.11 bits per heavy atom. The maximum absolute atomic E-state index is 15.8. The van der Waals surface area contributed by atoms with Gasteiger partial charge >= 0.3 is 6.18 Å². The van der Waals surface area contributed by atoms with Gasteiger partial charge in [-0.1, -0.05) is 0 Å². The molecule has 5 rings (SSSR count). The average molecular weight is 657 g/mol. The summed E-state index contributed by atoms with van der Waals surface area (Å²) in [5, 5.41) is 0.180. The van der Waals surface area contributed by atoms with Crippen molar-refractivity contribution in [3.05, 3.63) is 53.7 Å². The number of hydrogen-bond donors (Lipinski definition) is 2. The van der Waals surface area contributed by atoms with Gasteiger partial charge in [-0.2, -0.15) is 13.2 Å². The Morgan fingerprint density at radius 3 is 2.51 bits per heavy atom. The highest BCUT2D eigenvalue weighted by Crippen LogP contribution is 2.42. The molecule has 0 radical (unpaired) electrons. The predicted molar refractivity (Wildman–Crippen MR) is 155 cm³/mol. The molecule has 45 heavy (non-hydrogen) atoms. The van der Waals surface area contributed by atoms with Gasteiger partial charge in [-0.25, -0.2) is 32.2 Å². The summed E-state index contributed by atoms with van der Waals surface area (Å²) in [6.07, 6.45) is -4.24. The molecule has 2 aromatic heterocycles. The topological polar surface area (TPSA) is 133 Å². The van der Waals surface area contributed by atoms with Gasteiger partial charge in [0.05, 0.1) is 49.6 Å². The van der Waals surface area contributed by atoms with E-state index in [1.54, 1.807) is 4.90 Å². The Morgan fingerprint density at radius 2 is 1.84 bits per heavy atom. The molecule has 3 heterocycles. The highest BCUT2D eigenvalue weighted by molar-refractivity contribution is 7.92. The van der Waals surface area contributed by atoms with Crippen molar-refractivity contribution in [2.45, 2.75) is 12.6 Å². The normalized spacial score (nSPS) is 14.2. The number of nitrogens with two attached hydrogens (primary N) is 1. The van der Waals surface area contributed by atoms with Crippen molar-refractivity contribution in [3.8, 4) is 28.3 Å². The Hall–Kier alpha value is -4.38. The molecule has 240 valence electrons. The Balaban J connectivity index is 1.74. The van der Waals surface area contributed by atoms with Crippen LogP contribution < -0.4 is 20.1 Å². The monoisotopic (exact) mass is 656 g/mol. The van der Waals surface area contributed by atoms with Gasteiger partial charge < -0.3 is 20.1 Å². The van der Waals surface area contributed by atoms with Gasteiger partial charge in [0.15, 0.2) is 11.6 Å². The van der Waals surface area contributed by atoms with E-state index in [-0.39, 0.29) is 72.4 Å². The number of halogens is 6. The SMILES string of the molecule is COc1cc(-c2c(F)ccc(NS(=O)(=O)CCCF)c2F)cc2c(N3CCOCC3)nc(-c3cnc(N)cc3C(F)(F)F)nc12. The molecule has 1 fully saturated rings. The number of nitrogens with zero attached hydrogens (tertiary/aromatic N) is 4. The number of anilines is 3. The van der Waals surface area contributed by atoms with Crippen molar-refractivity contribution in [1.82, 2.24) is 15.0 Å². The van der Waals surface area contributed by atoms with Gasteiger partial charge in [0.25, 0.3) is 0 Å².